The second-order valence-electron chi connectivity index (χ2n) is 4.78. The molecular formula is C16H11N3O2S. The van der Waals surface area contributed by atoms with Gasteiger partial charge in [-0.3, -0.25) is 4.79 Å². The Morgan fingerprint density at radius 3 is 2.91 bits per heavy atom. The van der Waals surface area contributed by atoms with Crippen molar-refractivity contribution >= 4 is 32.3 Å². The maximum atomic E-state index is 12.6. The van der Waals surface area contributed by atoms with Gasteiger partial charge in [0.25, 0.3) is 5.56 Å². The third kappa shape index (κ3) is 1.96. The van der Waals surface area contributed by atoms with E-state index in [1.54, 1.807) is 19.4 Å². The van der Waals surface area contributed by atoms with Crippen LogP contribution in [0.1, 0.15) is 0 Å². The summed E-state index contributed by atoms with van der Waals surface area (Å²) in [5.41, 5.74) is 0.659. The van der Waals surface area contributed by atoms with E-state index in [2.05, 4.69) is 10.1 Å². The van der Waals surface area contributed by atoms with E-state index in [1.807, 2.05) is 36.4 Å². The summed E-state index contributed by atoms with van der Waals surface area (Å²) in [7, 11) is 1.62. The Morgan fingerprint density at radius 1 is 1.18 bits per heavy atom. The lowest BCUT2D eigenvalue weighted by molar-refractivity contribution is 0.415. The highest BCUT2D eigenvalue weighted by atomic mass is 32.1. The minimum atomic E-state index is -0.163. The van der Waals surface area contributed by atoms with Gasteiger partial charge in [-0.1, -0.05) is 29.5 Å². The van der Waals surface area contributed by atoms with Crippen LogP contribution in [-0.4, -0.2) is 21.9 Å². The van der Waals surface area contributed by atoms with Crippen molar-refractivity contribution in [3.05, 3.63) is 59.0 Å². The normalized spacial score (nSPS) is 11.1. The van der Waals surface area contributed by atoms with Gasteiger partial charge in [0, 0.05) is 5.39 Å². The summed E-state index contributed by atoms with van der Waals surface area (Å²) in [5.74, 6) is 0.765. The molecule has 108 valence electrons. The molecule has 0 fully saturated rings. The fourth-order valence-corrected chi connectivity index (χ4v) is 3.29. The molecule has 0 spiro atoms. The summed E-state index contributed by atoms with van der Waals surface area (Å²) in [6.45, 7) is 0. The Balaban J connectivity index is 1.95. The van der Waals surface area contributed by atoms with Crippen LogP contribution in [0, 0.1) is 0 Å². The number of ether oxygens (including phenoxy) is 1. The Hall–Kier alpha value is -2.73. The lowest BCUT2D eigenvalue weighted by Gasteiger charge is -2.01. The quantitative estimate of drug-likeness (QED) is 0.571. The largest absolute Gasteiger partial charge is 0.497 e. The zero-order chi connectivity index (χ0) is 15.1. The van der Waals surface area contributed by atoms with E-state index in [-0.39, 0.29) is 5.56 Å². The monoisotopic (exact) mass is 309 g/mol. The van der Waals surface area contributed by atoms with Gasteiger partial charge in [-0.05, 0) is 24.3 Å². The van der Waals surface area contributed by atoms with Gasteiger partial charge in [0.2, 0.25) is 5.13 Å². The van der Waals surface area contributed by atoms with Gasteiger partial charge in [0.1, 0.15) is 5.75 Å². The van der Waals surface area contributed by atoms with Crippen LogP contribution < -0.4 is 10.3 Å². The molecule has 0 saturated carbocycles. The van der Waals surface area contributed by atoms with E-state index < -0.39 is 0 Å². The number of thiazole rings is 1. The molecule has 0 atom stereocenters. The molecule has 0 aliphatic rings. The first kappa shape index (κ1) is 13.0. The average Bonchev–Trinajstić information content (AvgIpc) is 2.98. The Labute approximate surface area is 129 Å². The van der Waals surface area contributed by atoms with Gasteiger partial charge in [-0.2, -0.15) is 9.78 Å². The van der Waals surface area contributed by atoms with E-state index in [9.17, 15) is 4.79 Å². The maximum Gasteiger partial charge on any atom is 0.281 e. The number of hydrogen-bond donors (Lipinski definition) is 0. The molecule has 4 rings (SSSR count). The fraction of sp³-hybridized carbons (Fsp3) is 0.0625. The van der Waals surface area contributed by atoms with E-state index in [0.717, 1.165) is 21.4 Å². The number of fused-ring (bicyclic) bond motifs is 2. The van der Waals surface area contributed by atoms with Crippen LogP contribution in [0.5, 0.6) is 5.75 Å². The van der Waals surface area contributed by atoms with Crippen molar-refractivity contribution in [1.29, 1.82) is 0 Å². The standard InChI is InChI=1S/C16H11N3O2S/c1-21-11-6-7-13-14(8-11)22-16(18-13)19-15(20)12-5-3-2-4-10(12)9-17-19/h2-9H,1H3. The minimum absolute atomic E-state index is 0.163. The molecule has 2 aromatic heterocycles. The smallest absolute Gasteiger partial charge is 0.281 e. The van der Waals surface area contributed by atoms with Gasteiger partial charge >= 0.3 is 0 Å². The summed E-state index contributed by atoms with van der Waals surface area (Å²) < 4.78 is 7.51. The first-order valence-electron chi connectivity index (χ1n) is 6.68. The van der Waals surface area contributed by atoms with Gasteiger partial charge in [-0.15, -0.1) is 0 Å². The van der Waals surface area contributed by atoms with Crippen LogP contribution in [0.25, 0.3) is 26.1 Å². The minimum Gasteiger partial charge on any atom is -0.497 e. The van der Waals surface area contributed by atoms with E-state index >= 15 is 0 Å². The topological polar surface area (TPSA) is 57.0 Å². The molecule has 0 N–H and O–H groups in total. The maximum absolute atomic E-state index is 12.6. The zero-order valence-electron chi connectivity index (χ0n) is 11.7. The van der Waals surface area contributed by atoms with Crippen molar-refractivity contribution in [3.8, 4) is 10.9 Å². The molecule has 0 aliphatic carbocycles. The molecule has 4 aromatic rings. The SMILES string of the molecule is COc1ccc2nc(-n3ncc4ccccc4c3=O)sc2c1. The summed E-state index contributed by atoms with van der Waals surface area (Å²) in [4.78, 5) is 17.1. The van der Waals surface area contributed by atoms with Crippen LogP contribution in [-0.2, 0) is 0 Å². The molecular weight excluding hydrogens is 298 g/mol. The van der Waals surface area contributed by atoms with Crippen molar-refractivity contribution in [1.82, 2.24) is 14.8 Å². The Morgan fingerprint density at radius 2 is 2.05 bits per heavy atom. The van der Waals surface area contributed by atoms with Crippen molar-refractivity contribution < 1.29 is 4.74 Å². The van der Waals surface area contributed by atoms with Crippen molar-refractivity contribution in [2.75, 3.05) is 7.11 Å². The van der Waals surface area contributed by atoms with Crippen molar-refractivity contribution in [2.24, 2.45) is 0 Å². The molecule has 0 radical (unpaired) electrons. The van der Waals surface area contributed by atoms with Crippen LogP contribution >= 0.6 is 11.3 Å². The Kier molecular flexibility index (Phi) is 2.90. The number of hydrogen-bond acceptors (Lipinski definition) is 5. The summed E-state index contributed by atoms with van der Waals surface area (Å²) in [5, 5.41) is 6.25. The zero-order valence-corrected chi connectivity index (χ0v) is 12.5. The number of rotatable bonds is 2. The Bertz CT molecular complexity index is 1050. The number of aromatic nitrogens is 3. The fourth-order valence-electron chi connectivity index (χ4n) is 2.34. The molecule has 0 amide bonds. The highest BCUT2D eigenvalue weighted by Gasteiger charge is 2.11. The van der Waals surface area contributed by atoms with Crippen molar-refractivity contribution in [3.63, 3.8) is 0 Å². The predicted molar refractivity (Wildman–Crippen MR) is 87.1 cm³/mol. The van der Waals surface area contributed by atoms with Gasteiger partial charge in [0.05, 0.1) is 28.9 Å². The molecule has 0 saturated heterocycles. The highest BCUT2D eigenvalue weighted by Crippen LogP contribution is 2.27. The van der Waals surface area contributed by atoms with Crippen LogP contribution in [0.4, 0.5) is 0 Å². The van der Waals surface area contributed by atoms with E-state index in [0.29, 0.717) is 10.5 Å². The summed E-state index contributed by atoms with van der Waals surface area (Å²) in [6, 6.07) is 13.0. The highest BCUT2D eigenvalue weighted by molar-refractivity contribution is 7.20. The molecule has 0 bridgehead atoms. The van der Waals surface area contributed by atoms with Gasteiger partial charge in [-0.25, -0.2) is 4.98 Å². The summed E-state index contributed by atoms with van der Waals surface area (Å²) >= 11 is 1.41. The molecule has 0 aliphatic heterocycles. The number of nitrogens with zero attached hydrogens (tertiary/aromatic N) is 3. The number of benzene rings is 2. The predicted octanol–water partition coefficient (Wildman–Crippen LogP) is 3.00. The second kappa shape index (κ2) is 4.92. The molecule has 22 heavy (non-hydrogen) atoms. The van der Waals surface area contributed by atoms with E-state index in [1.165, 1.54) is 16.0 Å². The first-order valence-corrected chi connectivity index (χ1v) is 7.50. The molecule has 5 nitrogen and oxygen atoms in total. The van der Waals surface area contributed by atoms with E-state index in [4.69, 9.17) is 4.74 Å². The molecule has 0 unspecified atom stereocenters. The van der Waals surface area contributed by atoms with Crippen LogP contribution in [0.15, 0.2) is 53.5 Å². The molecule has 2 heterocycles. The average molecular weight is 309 g/mol. The van der Waals surface area contributed by atoms with Gasteiger partial charge in [0.15, 0.2) is 0 Å². The third-order valence-electron chi connectivity index (χ3n) is 3.46. The molecule has 2 aromatic carbocycles. The van der Waals surface area contributed by atoms with Crippen molar-refractivity contribution in [2.45, 2.75) is 0 Å². The number of methoxy groups -OCH3 is 1. The summed E-state index contributed by atoms with van der Waals surface area (Å²) in [6.07, 6.45) is 1.68. The lowest BCUT2D eigenvalue weighted by atomic mass is 10.2. The van der Waals surface area contributed by atoms with Crippen LogP contribution in [0.2, 0.25) is 0 Å². The second-order valence-corrected chi connectivity index (χ2v) is 5.79. The van der Waals surface area contributed by atoms with Crippen LogP contribution in [0.3, 0.4) is 0 Å². The first-order chi connectivity index (χ1) is 10.8. The van der Waals surface area contributed by atoms with Gasteiger partial charge < -0.3 is 4.74 Å². The molecule has 6 heteroatoms. The third-order valence-corrected chi connectivity index (χ3v) is 4.46. The lowest BCUT2D eigenvalue weighted by Crippen LogP contribution is -2.20.